The van der Waals surface area contributed by atoms with Crippen molar-refractivity contribution in [3.63, 3.8) is 0 Å². The summed E-state index contributed by atoms with van der Waals surface area (Å²) in [5.41, 5.74) is 0. The summed E-state index contributed by atoms with van der Waals surface area (Å²) in [4.78, 5) is 46.8. The Balaban J connectivity index is 1.37. The summed E-state index contributed by atoms with van der Waals surface area (Å²) in [6.45, 7) is 1.02. The van der Waals surface area contributed by atoms with Gasteiger partial charge in [-0.05, 0) is 25.7 Å². The van der Waals surface area contributed by atoms with Crippen LogP contribution < -0.4 is 0 Å². The Morgan fingerprint density at radius 3 is 1.68 bits per heavy atom. The number of aliphatic hydroxyl groups excluding tert-OH is 2. The Bertz CT molecular complexity index is 783. The van der Waals surface area contributed by atoms with Gasteiger partial charge in [-0.1, -0.05) is 26.2 Å². The van der Waals surface area contributed by atoms with Crippen LogP contribution in [0.2, 0.25) is 0 Å². The van der Waals surface area contributed by atoms with E-state index in [0.717, 1.165) is 25.7 Å². The van der Waals surface area contributed by atoms with E-state index in [1.54, 1.807) is 0 Å². The van der Waals surface area contributed by atoms with E-state index in [9.17, 15) is 19.2 Å². The van der Waals surface area contributed by atoms with E-state index in [0.29, 0.717) is 19.3 Å². The van der Waals surface area contributed by atoms with Crippen molar-refractivity contribution in [2.75, 3.05) is 13.2 Å². The van der Waals surface area contributed by atoms with Gasteiger partial charge in [0.05, 0.1) is 13.2 Å². The fourth-order valence-corrected chi connectivity index (χ4v) is 4.65. The number of ether oxygens (including phenoxy) is 7. The van der Waals surface area contributed by atoms with Crippen molar-refractivity contribution in [1.82, 2.24) is 0 Å². The van der Waals surface area contributed by atoms with Gasteiger partial charge in [-0.3, -0.25) is 4.79 Å². The second kappa shape index (κ2) is 14.2. The number of cyclic esters (lactones) is 6. The lowest BCUT2D eigenvalue weighted by atomic mass is 9.95. The lowest BCUT2D eigenvalue weighted by Gasteiger charge is -2.22. The molecule has 3 rings (SSSR count). The minimum absolute atomic E-state index is 0.190. The van der Waals surface area contributed by atoms with Crippen LogP contribution in [0.25, 0.3) is 0 Å². The molecule has 0 aromatic carbocycles. The molecule has 13 nitrogen and oxygen atoms in total. The van der Waals surface area contributed by atoms with Crippen molar-refractivity contribution in [2.45, 2.75) is 114 Å². The summed E-state index contributed by atoms with van der Waals surface area (Å²) in [6.07, 6.45) is -1.10. The van der Waals surface area contributed by atoms with Gasteiger partial charge in [0.15, 0.2) is 0 Å². The van der Waals surface area contributed by atoms with Crippen molar-refractivity contribution in [3.8, 4) is 0 Å². The van der Waals surface area contributed by atoms with Crippen LogP contribution in [0.4, 0.5) is 14.4 Å². The Morgan fingerprint density at radius 2 is 1.14 bits per heavy atom. The molecular formula is C24H36O13. The third kappa shape index (κ3) is 8.63. The van der Waals surface area contributed by atoms with E-state index in [-0.39, 0.29) is 19.3 Å². The standard InChI is InChI=1S/C24H36O13/c1-2-15-17(34-22(28)32-15)10-19-20(37-24(30)36-19)11-18-16(33-23(29)35-18)8-6-4-3-5-7-9-21(27)31-14(12-25)13-26/h14-20,25-26H,2-13H2,1H3. The molecule has 0 amide bonds. The first-order valence-electron chi connectivity index (χ1n) is 12.9. The van der Waals surface area contributed by atoms with Crippen molar-refractivity contribution in [3.05, 3.63) is 0 Å². The molecule has 0 aromatic heterocycles. The molecular weight excluding hydrogens is 496 g/mol. The lowest BCUT2D eigenvalue weighted by molar-refractivity contribution is -0.153. The first-order valence-corrected chi connectivity index (χ1v) is 12.9. The van der Waals surface area contributed by atoms with Gasteiger partial charge in [0.25, 0.3) is 0 Å². The summed E-state index contributed by atoms with van der Waals surface area (Å²) < 4.78 is 36.4. The zero-order valence-electron chi connectivity index (χ0n) is 20.9. The number of carbonyl (C=O) groups excluding carboxylic acids is 4. The largest absolute Gasteiger partial charge is 0.509 e. The predicted molar refractivity (Wildman–Crippen MR) is 121 cm³/mol. The predicted octanol–water partition coefficient (Wildman–Crippen LogP) is 2.52. The fraction of sp³-hybridized carbons (Fsp3) is 0.833. The van der Waals surface area contributed by atoms with Gasteiger partial charge < -0.3 is 43.4 Å². The number of carbonyl (C=O) groups is 4. The van der Waals surface area contributed by atoms with Gasteiger partial charge >= 0.3 is 24.4 Å². The molecule has 6 unspecified atom stereocenters. The van der Waals surface area contributed by atoms with Crippen LogP contribution in [0.5, 0.6) is 0 Å². The van der Waals surface area contributed by atoms with E-state index in [4.69, 9.17) is 43.4 Å². The van der Waals surface area contributed by atoms with Crippen LogP contribution >= 0.6 is 0 Å². The van der Waals surface area contributed by atoms with Gasteiger partial charge in [-0.15, -0.1) is 0 Å². The SMILES string of the molecule is CCC1OC(=O)OC1CC1OC(=O)OC1CC1OC(=O)OC1CCCCCCCC(=O)OC(CO)CO. The van der Waals surface area contributed by atoms with Gasteiger partial charge in [0.1, 0.15) is 42.7 Å². The summed E-state index contributed by atoms with van der Waals surface area (Å²) in [7, 11) is 0. The molecule has 2 N–H and O–H groups in total. The number of aliphatic hydroxyl groups is 2. The molecule has 210 valence electrons. The molecule has 0 bridgehead atoms. The first-order chi connectivity index (χ1) is 17.8. The van der Waals surface area contributed by atoms with Crippen LogP contribution in [-0.2, 0) is 38.0 Å². The van der Waals surface area contributed by atoms with Crippen molar-refractivity contribution >= 4 is 24.4 Å². The highest BCUT2D eigenvalue weighted by Crippen LogP contribution is 2.32. The molecule has 0 aliphatic carbocycles. The van der Waals surface area contributed by atoms with Crippen molar-refractivity contribution in [1.29, 1.82) is 0 Å². The third-order valence-electron chi connectivity index (χ3n) is 6.64. The van der Waals surface area contributed by atoms with Crippen molar-refractivity contribution in [2.24, 2.45) is 0 Å². The Kier molecular flexibility index (Phi) is 11.1. The normalized spacial score (nSPS) is 28.8. The molecule has 13 heteroatoms. The quantitative estimate of drug-likeness (QED) is 0.169. The van der Waals surface area contributed by atoms with Crippen LogP contribution in [0.15, 0.2) is 0 Å². The summed E-state index contributed by atoms with van der Waals surface area (Å²) in [5.74, 6) is -0.454. The Labute approximate surface area is 214 Å². The molecule has 0 saturated carbocycles. The maximum atomic E-state index is 11.8. The van der Waals surface area contributed by atoms with E-state index in [1.165, 1.54) is 0 Å². The molecule has 3 aliphatic rings. The average molecular weight is 533 g/mol. The van der Waals surface area contributed by atoms with Gasteiger partial charge in [0.2, 0.25) is 0 Å². The number of hydrogen-bond donors (Lipinski definition) is 2. The van der Waals surface area contributed by atoms with Crippen LogP contribution in [-0.4, -0.2) is 90.6 Å². The molecule has 0 spiro atoms. The fourth-order valence-electron chi connectivity index (χ4n) is 4.65. The summed E-state index contributed by atoms with van der Waals surface area (Å²) in [5, 5.41) is 17.9. The smallest absolute Gasteiger partial charge is 0.457 e. The maximum Gasteiger partial charge on any atom is 0.509 e. The second-order valence-electron chi connectivity index (χ2n) is 9.35. The van der Waals surface area contributed by atoms with Gasteiger partial charge in [0, 0.05) is 19.3 Å². The number of esters is 1. The molecule has 3 aliphatic heterocycles. The lowest BCUT2D eigenvalue weighted by Crippen LogP contribution is -2.36. The number of hydrogen-bond acceptors (Lipinski definition) is 13. The Hall–Kier alpha value is -2.80. The maximum absolute atomic E-state index is 11.8. The first kappa shape index (κ1) is 28.8. The van der Waals surface area contributed by atoms with Gasteiger partial charge in [-0.2, -0.15) is 0 Å². The van der Waals surface area contributed by atoms with Crippen molar-refractivity contribution < 1.29 is 62.5 Å². The summed E-state index contributed by atoms with van der Waals surface area (Å²) >= 11 is 0. The average Bonchev–Trinajstić information content (AvgIpc) is 3.52. The molecule has 3 heterocycles. The molecule has 37 heavy (non-hydrogen) atoms. The molecule has 3 fully saturated rings. The number of unbranched alkanes of at least 4 members (excludes halogenated alkanes) is 4. The topological polar surface area (TPSA) is 173 Å². The van der Waals surface area contributed by atoms with E-state index in [2.05, 4.69) is 0 Å². The van der Waals surface area contributed by atoms with Crippen LogP contribution in [0.3, 0.4) is 0 Å². The highest BCUT2D eigenvalue weighted by Gasteiger charge is 2.47. The zero-order valence-corrected chi connectivity index (χ0v) is 20.9. The Morgan fingerprint density at radius 1 is 0.703 bits per heavy atom. The van der Waals surface area contributed by atoms with E-state index >= 15 is 0 Å². The zero-order chi connectivity index (χ0) is 26.8. The van der Waals surface area contributed by atoms with Crippen LogP contribution in [0, 0.1) is 0 Å². The van der Waals surface area contributed by atoms with Gasteiger partial charge in [-0.25, -0.2) is 14.4 Å². The monoisotopic (exact) mass is 532 g/mol. The highest BCUT2D eigenvalue weighted by molar-refractivity contribution is 5.69. The third-order valence-corrected chi connectivity index (χ3v) is 6.64. The minimum atomic E-state index is -0.881. The van der Waals surface area contributed by atoms with E-state index in [1.807, 2.05) is 6.92 Å². The molecule has 0 aromatic rings. The molecule has 3 saturated heterocycles. The number of rotatable bonds is 16. The molecule has 0 radical (unpaired) electrons. The van der Waals surface area contributed by atoms with Crippen LogP contribution in [0.1, 0.15) is 71.1 Å². The van der Waals surface area contributed by atoms with E-state index < -0.39 is 80.4 Å². The highest BCUT2D eigenvalue weighted by atomic mass is 16.8. The minimum Gasteiger partial charge on any atom is -0.457 e. The summed E-state index contributed by atoms with van der Waals surface area (Å²) in [6, 6.07) is 0. The molecule has 6 atom stereocenters. The second-order valence-corrected chi connectivity index (χ2v) is 9.35.